The first kappa shape index (κ1) is 17.4. The normalized spacial score (nSPS) is 10.8. The molecule has 0 atom stereocenters. The van der Waals surface area contributed by atoms with Crippen LogP contribution in [-0.2, 0) is 21.4 Å². The number of benzene rings is 1. The quantitative estimate of drug-likeness (QED) is 0.674. The van der Waals surface area contributed by atoms with Crippen molar-refractivity contribution < 1.29 is 18.7 Å². The molecule has 126 valence electrons. The second kappa shape index (κ2) is 7.54. The molecule has 6 nitrogen and oxygen atoms in total. The van der Waals surface area contributed by atoms with Gasteiger partial charge in [0.25, 0.3) is 5.91 Å². The molecular weight excluding hydrogens is 313 g/mol. The average molecular weight is 331 g/mol. The van der Waals surface area contributed by atoms with E-state index in [1.54, 1.807) is 24.7 Å². The summed E-state index contributed by atoms with van der Waals surface area (Å²) < 4.78 is 19.5. The lowest BCUT2D eigenvalue weighted by atomic mass is 10.2. The Labute approximate surface area is 138 Å². The molecule has 0 aliphatic heterocycles. The fourth-order valence-electron chi connectivity index (χ4n) is 2.09. The van der Waals surface area contributed by atoms with Gasteiger partial charge in [-0.2, -0.15) is 5.10 Å². The SMILES string of the molecule is Cc1nn(C)c(C)c1NC(=O)COC(=O)/C=C/c1cccc(F)c1. The summed E-state index contributed by atoms with van der Waals surface area (Å²) in [6.45, 7) is 3.18. The summed E-state index contributed by atoms with van der Waals surface area (Å²) >= 11 is 0. The Hall–Kier alpha value is -2.96. The Balaban J connectivity index is 1.86. The minimum Gasteiger partial charge on any atom is -0.452 e. The lowest BCUT2D eigenvalue weighted by Crippen LogP contribution is -2.20. The molecule has 7 heteroatoms. The number of carbonyl (C=O) groups excluding carboxylic acids is 2. The van der Waals surface area contributed by atoms with Gasteiger partial charge < -0.3 is 10.1 Å². The number of ether oxygens (including phenoxy) is 1. The number of hydrogen-bond acceptors (Lipinski definition) is 4. The van der Waals surface area contributed by atoms with E-state index >= 15 is 0 Å². The summed E-state index contributed by atoms with van der Waals surface area (Å²) in [5.41, 5.74) is 2.62. The van der Waals surface area contributed by atoms with Gasteiger partial charge in [-0.3, -0.25) is 9.48 Å². The predicted octanol–water partition coefficient (Wildman–Crippen LogP) is 2.37. The second-order valence-corrected chi connectivity index (χ2v) is 5.21. The van der Waals surface area contributed by atoms with Gasteiger partial charge in [-0.05, 0) is 37.6 Å². The van der Waals surface area contributed by atoms with Gasteiger partial charge in [0.15, 0.2) is 6.61 Å². The Bertz CT molecular complexity index is 796. The van der Waals surface area contributed by atoms with Crippen molar-refractivity contribution in [2.45, 2.75) is 13.8 Å². The Morgan fingerprint density at radius 2 is 2.12 bits per heavy atom. The third-order valence-electron chi connectivity index (χ3n) is 3.38. The highest BCUT2D eigenvalue weighted by atomic mass is 19.1. The van der Waals surface area contributed by atoms with Crippen molar-refractivity contribution in [3.8, 4) is 0 Å². The number of aryl methyl sites for hydroxylation is 2. The molecule has 0 radical (unpaired) electrons. The molecule has 2 aromatic rings. The van der Waals surface area contributed by atoms with Crippen LogP contribution in [0.15, 0.2) is 30.3 Å². The number of halogens is 1. The smallest absolute Gasteiger partial charge is 0.331 e. The van der Waals surface area contributed by atoms with E-state index in [1.807, 2.05) is 6.92 Å². The van der Waals surface area contributed by atoms with Crippen molar-refractivity contribution in [3.63, 3.8) is 0 Å². The first-order valence-electron chi connectivity index (χ1n) is 7.27. The predicted molar refractivity (Wildman–Crippen MR) is 87.7 cm³/mol. The molecule has 1 N–H and O–H groups in total. The number of amides is 1. The topological polar surface area (TPSA) is 73.2 Å². The maximum atomic E-state index is 13.0. The summed E-state index contributed by atoms with van der Waals surface area (Å²) in [6.07, 6.45) is 2.56. The van der Waals surface area contributed by atoms with Crippen LogP contribution in [0.3, 0.4) is 0 Å². The van der Waals surface area contributed by atoms with Crippen molar-refractivity contribution in [2.24, 2.45) is 7.05 Å². The van der Waals surface area contributed by atoms with Gasteiger partial charge in [0.05, 0.1) is 17.1 Å². The highest BCUT2D eigenvalue weighted by Crippen LogP contribution is 2.17. The second-order valence-electron chi connectivity index (χ2n) is 5.21. The van der Waals surface area contributed by atoms with E-state index in [0.29, 0.717) is 16.9 Å². The number of anilines is 1. The van der Waals surface area contributed by atoms with Crippen LogP contribution < -0.4 is 5.32 Å². The molecule has 24 heavy (non-hydrogen) atoms. The van der Waals surface area contributed by atoms with Crippen LogP contribution in [0.25, 0.3) is 6.08 Å². The van der Waals surface area contributed by atoms with Crippen LogP contribution in [0, 0.1) is 19.7 Å². The molecule has 2 rings (SSSR count). The first-order chi connectivity index (χ1) is 11.4. The van der Waals surface area contributed by atoms with E-state index in [9.17, 15) is 14.0 Å². The zero-order valence-electron chi connectivity index (χ0n) is 13.7. The van der Waals surface area contributed by atoms with Gasteiger partial charge in [-0.25, -0.2) is 9.18 Å². The molecule has 0 unspecified atom stereocenters. The van der Waals surface area contributed by atoms with Crippen LogP contribution in [0.4, 0.5) is 10.1 Å². The third-order valence-corrected chi connectivity index (χ3v) is 3.38. The molecule has 1 heterocycles. The molecule has 1 aromatic heterocycles. The molecule has 0 aliphatic rings. The largest absolute Gasteiger partial charge is 0.452 e. The Kier molecular flexibility index (Phi) is 5.47. The van der Waals surface area contributed by atoms with E-state index in [2.05, 4.69) is 10.4 Å². The molecule has 1 amide bonds. The number of aromatic nitrogens is 2. The minimum absolute atomic E-state index is 0.396. The molecule has 0 fully saturated rings. The molecule has 0 saturated heterocycles. The van der Waals surface area contributed by atoms with Gasteiger partial charge in [0, 0.05) is 13.1 Å². The number of hydrogen-bond donors (Lipinski definition) is 1. The van der Waals surface area contributed by atoms with Crippen molar-refractivity contribution in [1.29, 1.82) is 0 Å². The Morgan fingerprint density at radius 3 is 2.75 bits per heavy atom. The molecule has 0 saturated carbocycles. The maximum Gasteiger partial charge on any atom is 0.331 e. The van der Waals surface area contributed by atoms with E-state index in [4.69, 9.17) is 4.74 Å². The van der Waals surface area contributed by atoms with E-state index in [0.717, 1.165) is 11.8 Å². The van der Waals surface area contributed by atoms with E-state index < -0.39 is 24.3 Å². The van der Waals surface area contributed by atoms with Gasteiger partial charge in [-0.1, -0.05) is 12.1 Å². The van der Waals surface area contributed by atoms with Crippen molar-refractivity contribution in [1.82, 2.24) is 9.78 Å². The molecular formula is C17H18FN3O3. The summed E-state index contributed by atoms with van der Waals surface area (Å²) in [7, 11) is 1.77. The van der Waals surface area contributed by atoms with Gasteiger partial charge in [0.1, 0.15) is 5.82 Å². The summed E-state index contributed by atoms with van der Waals surface area (Å²) in [5.74, 6) is -1.54. The molecule has 0 bridgehead atoms. The highest BCUT2D eigenvalue weighted by molar-refractivity contribution is 5.95. The van der Waals surface area contributed by atoms with Crippen molar-refractivity contribution in [3.05, 3.63) is 53.1 Å². The van der Waals surface area contributed by atoms with Gasteiger partial charge in [0.2, 0.25) is 0 Å². The van der Waals surface area contributed by atoms with E-state index in [1.165, 1.54) is 24.3 Å². The monoisotopic (exact) mass is 331 g/mol. The number of esters is 1. The first-order valence-corrected chi connectivity index (χ1v) is 7.27. The Morgan fingerprint density at radius 1 is 1.38 bits per heavy atom. The maximum absolute atomic E-state index is 13.0. The van der Waals surface area contributed by atoms with Crippen LogP contribution in [-0.4, -0.2) is 28.3 Å². The van der Waals surface area contributed by atoms with Gasteiger partial charge in [-0.15, -0.1) is 0 Å². The lowest BCUT2D eigenvalue weighted by Gasteiger charge is -2.05. The number of nitrogens with one attached hydrogen (secondary N) is 1. The third kappa shape index (κ3) is 4.52. The molecule has 1 aromatic carbocycles. The summed E-state index contributed by atoms with van der Waals surface area (Å²) in [6, 6.07) is 5.77. The van der Waals surface area contributed by atoms with Crippen LogP contribution in [0.1, 0.15) is 17.0 Å². The summed E-state index contributed by atoms with van der Waals surface area (Å²) in [4.78, 5) is 23.4. The standard InChI is InChI=1S/C17H18FN3O3/c1-11-17(12(2)21(3)20-11)19-15(22)10-24-16(23)8-7-13-5-4-6-14(18)9-13/h4-9H,10H2,1-3H3,(H,19,22)/b8-7+. The number of carbonyl (C=O) groups is 2. The number of rotatable bonds is 5. The van der Waals surface area contributed by atoms with Crippen molar-refractivity contribution >= 4 is 23.6 Å². The van der Waals surface area contributed by atoms with Gasteiger partial charge >= 0.3 is 5.97 Å². The lowest BCUT2D eigenvalue weighted by molar-refractivity contribution is -0.142. The number of nitrogens with zero attached hydrogens (tertiary/aromatic N) is 2. The average Bonchev–Trinajstić information content (AvgIpc) is 2.77. The zero-order chi connectivity index (χ0) is 17.7. The summed E-state index contributed by atoms with van der Waals surface area (Å²) in [5, 5.41) is 6.84. The fourth-order valence-corrected chi connectivity index (χ4v) is 2.09. The molecule has 0 spiro atoms. The molecule has 0 aliphatic carbocycles. The van der Waals surface area contributed by atoms with Crippen LogP contribution in [0.5, 0.6) is 0 Å². The van der Waals surface area contributed by atoms with Crippen LogP contribution >= 0.6 is 0 Å². The highest BCUT2D eigenvalue weighted by Gasteiger charge is 2.13. The fraction of sp³-hybridized carbons (Fsp3) is 0.235. The van der Waals surface area contributed by atoms with Crippen LogP contribution in [0.2, 0.25) is 0 Å². The minimum atomic E-state index is -0.686. The zero-order valence-corrected chi connectivity index (χ0v) is 13.7. The van der Waals surface area contributed by atoms with E-state index in [-0.39, 0.29) is 0 Å². The van der Waals surface area contributed by atoms with Crippen molar-refractivity contribution in [2.75, 3.05) is 11.9 Å².